The van der Waals surface area contributed by atoms with Crippen molar-refractivity contribution < 1.29 is 18.6 Å². The van der Waals surface area contributed by atoms with Crippen LogP contribution in [0.4, 0.5) is 4.39 Å². The lowest BCUT2D eigenvalue weighted by Gasteiger charge is -2.31. The molecule has 0 saturated carbocycles. The second-order valence-electron chi connectivity index (χ2n) is 7.06. The second kappa shape index (κ2) is 10.6. The molecule has 2 N–H and O–H groups in total. The third-order valence-corrected chi connectivity index (χ3v) is 4.97. The number of halogens is 1. The molecule has 8 heteroatoms. The van der Waals surface area contributed by atoms with Crippen molar-refractivity contribution in [2.24, 2.45) is 4.99 Å². The van der Waals surface area contributed by atoms with E-state index in [0.717, 1.165) is 55.7 Å². The van der Waals surface area contributed by atoms with Crippen LogP contribution in [-0.2, 0) is 22.5 Å². The summed E-state index contributed by atoms with van der Waals surface area (Å²) in [6, 6.07) is 3.38. The maximum Gasteiger partial charge on any atom is 0.191 e. The topological polar surface area (TPSA) is 67.4 Å². The Balaban J connectivity index is 1.54. The molecule has 2 aliphatic heterocycles. The fourth-order valence-corrected chi connectivity index (χ4v) is 3.46. The van der Waals surface area contributed by atoms with Gasteiger partial charge in [-0.05, 0) is 38.0 Å². The Bertz CT molecular complexity index is 665. The molecule has 7 nitrogen and oxygen atoms in total. The molecule has 28 heavy (non-hydrogen) atoms. The van der Waals surface area contributed by atoms with Crippen LogP contribution >= 0.6 is 0 Å². The van der Waals surface area contributed by atoms with Crippen molar-refractivity contribution in [1.29, 1.82) is 0 Å². The predicted octanol–water partition coefficient (Wildman–Crippen LogP) is 1.51. The molecule has 2 heterocycles. The molecule has 0 radical (unpaired) electrons. The average Bonchev–Trinajstić information content (AvgIpc) is 2.72. The van der Waals surface area contributed by atoms with Gasteiger partial charge in [0.2, 0.25) is 0 Å². The zero-order chi connectivity index (χ0) is 19.8. The summed E-state index contributed by atoms with van der Waals surface area (Å²) in [5.41, 5.74) is 1.62. The van der Waals surface area contributed by atoms with Crippen LogP contribution in [0.2, 0.25) is 0 Å². The SMILES string of the molecule is CCNC(=NCC(C)N1CCOCC1)NCCc1cc(F)cc2c1OCOC2. The molecule has 1 unspecified atom stereocenters. The molecule has 1 saturated heterocycles. The number of guanidine groups is 1. The second-order valence-corrected chi connectivity index (χ2v) is 7.06. The van der Waals surface area contributed by atoms with E-state index in [2.05, 4.69) is 22.5 Å². The van der Waals surface area contributed by atoms with Gasteiger partial charge in [0.25, 0.3) is 0 Å². The third kappa shape index (κ3) is 5.80. The van der Waals surface area contributed by atoms with Gasteiger partial charge in [-0.2, -0.15) is 0 Å². The first kappa shape index (κ1) is 20.8. The summed E-state index contributed by atoms with van der Waals surface area (Å²) < 4.78 is 30.1. The van der Waals surface area contributed by atoms with E-state index in [1.165, 1.54) is 12.1 Å². The summed E-state index contributed by atoms with van der Waals surface area (Å²) in [5.74, 6) is 1.26. The quantitative estimate of drug-likeness (QED) is 0.540. The Morgan fingerprint density at radius 1 is 1.25 bits per heavy atom. The first-order chi connectivity index (χ1) is 13.7. The van der Waals surface area contributed by atoms with Crippen LogP contribution in [0.1, 0.15) is 25.0 Å². The molecule has 2 aliphatic rings. The Morgan fingerprint density at radius 3 is 2.86 bits per heavy atom. The van der Waals surface area contributed by atoms with Crippen molar-refractivity contribution in [3.8, 4) is 5.75 Å². The van der Waals surface area contributed by atoms with E-state index in [9.17, 15) is 4.39 Å². The van der Waals surface area contributed by atoms with E-state index in [1.807, 2.05) is 6.92 Å². The number of benzene rings is 1. The molecule has 0 spiro atoms. The van der Waals surface area contributed by atoms with Crippen LogP contribution in [-0.4, -0.2) is 69.6 Å². The number of morpholine rings is 1. The van der Waals surface area contributed by atoms with Gasteiger partial charge in [-0.15, -0.1) is 0 Å². The summed E-state index contributed by atoms with van der Waals surface area (Å²) in [6.07, 6.45) is 0.642. The molecule has 156 valence electrons. The Kier molecular flexibility index (Phi) is 7.88. The smallest absolute Gasteiger partial charge is 0.191 e. The van der Waals surface area contributed by atoms with E-state index < -0.39 is 0 Å². The van der Waals surface area contributed by atoms with Gasteiger partial charge in [0.15, 0.2) is 12.8 Å². The van der Waals surface area contributed by atoms with Crippen LogP contribution in [0.3, 0.4) is 0 Å². The van der Waals surface area contributed by atoms with Crippen LogP contribution in [0.5, 0.6) is 5.75 Å². The molecule has 1 aromatic rings. The summed E-state index contributed by atoms with van der Waals surface area (Å²) in [6.45, 7) is 10.4. The van der Waals surface area contributed by atoms with Crippen molar-refractivity contribution >= 4 is 5.96 Å². The Labute approximate surface area is 166 Å². The number of hydrogen-bond acceptors (Lipinski definition) is 5. The fraction of sp³-hybridized carbons (Fsp3) is 0.650. The highest BCUT2D eigenvalue weighted by molar-refractivity contribution is 5.79. The highest BCUT2D eigenvalue weighted by Crippen LogP contribution is 2.29. The van der Waals surface area contributed by atoms with Crippen LogP contribution in [0.25, 0.3) is 0 Å². The van der Waals surface area contributed by atoms with Gasteiger partial charge in [-0.3, -0.25) is 9.89 Å². The third-order valence-electron chi connectivity index (χ3n) is 4.97. The summed E-state index contributed by atoms with van der Waals surface area (Å²) in [7, 11) is 0. The van der Waals surface area contributed by atoms with Gasteiger partial charge in [-0.1, -0.05) is 0 Å². The first-order valence-electron chi connectivity index (χ1n) is 10.0. The lowest BCUT2D eigenvalue weighted by Crippen LogP contribution is -2.44. The van der Waals surface area contributed by atoms with Gasteiger partial charge in [-0.25, -0.2) is 4.39 Å². The highest BCUT2D eigenvalue weighted by atomic mass is 19.1. The van der Waals surface area contributed by atoms with Crippen LogP contribution in [0.15, 0.2) is 17.1 Å². The molecule has 0 aliphatic carbocycles. The number of hydrogen-bond donors (Lipinski definition) is 2. The van der Waals surface area contributed by atoms with Gasteiger partial charge in [0.05, 0.1) is 26.4 Å². The molecule has 1 fully saturated rings. The number of rotatable bonds is 7. The minimum atomic E-state index is -0.261. The molecule has 1 atom stereocenters. The monoisotopic (exact) mass is 394 g/mol. The van der Waals surface area contributed by atoms with Crippen LogP contribution < -0.4 is 15.4 Å². The Hall–Kier alpha value is -1.90. The molecular formula is C20H31FN4O3. The van der Waals surface area contributed by atoms with Crippen molar-refractivity contribution in [1.82, 2.24) is 15.5 Å². The zero-order valence-corrected chi connectivity index (χ0v) is 16.8. The normalized spacial score (nSPS) is 18.9. The highest BCUT2D eigenvalue weighted by Gasteiger charge is 2.18. The fourth-order valence-electron chi connectivity index (χ4n) is 3.46. The number of aliphatic imine (C=N–C) groups is 1. The first-order valence-corrected chi connectivity index (χ1v) is 10.0. The maximum atomic E-state index is 13.9. The summed E-state index contributed by atoms with van der Waals surface area (Å²) in [4.78, 5) is 7.11. The standard InChI is InChI=1S/C20H31FN4O3/c1-3-22-20(24-12-15(2)25-6-8-26-9-7-25)23-5-4-16-10-18(21)11-17-13-27-14-28-19(16)17/h10-11,15H,3-9,12-14H2,1-2H3,(H2,22,23,24). The van der Waals surface area contributed by atoms with E-state index in [0.29, 0.717) is 32.2 Å². The summed E-state index contributed by atoms with van der Waals surface area (Å²) >= 11 is 0. The minimum absolute atomic E-state index is 0.211. The van der Waals surface area contributed by atoms with Crippen molar-refractivity contribution in [2.75, 3.05) is 52.7 Å². The van der Waals surface area contributed by atoms with E-state index in [1.54, 1.807) is 0 Å². The molecular weight excluding hydrogens is 363 g/mol. The predicted molar refractivity (Wildman–Crippen MR) is 106 cm³/mol. The van der Waals surface area contributed by atoms with Crippen LogP contribution in [0, 0.1) is 5.82 Å². The number of fused-ring (bicyclic) bond motifs is 1. The zero-order valence-electron chi connectivity index (χ0n) is 16.8. The van der Waals surface area contributed by atoms with Gasteiger partial charge in [0, 0.05) is 37.8 Å². The lowest BCUT2D eigenvalue weighted by molar-refractivity contribution is -0.0172. The van der Waals surface area contributed by atoms with Gasteiger partial charge >= 0.3 is 0 Å². The summed E-state index contributed by atoms with van der Waals surface area (Å²) in [5, 5.41) is 6.61. The minimum Gasteiger partial charge on any atom is -0.467 e. The van der Waals surface area contributed by atoms with Gasteiger partial charge < -0.3 is 24.8 Å². The maximum absolute atomic E-state index is 13.9. The molecule has 1 aromatic carbocycles. The van der Waals surface area contributed by atoms with Crippen molar-refractivity contribution in [3.05, 3.63) is 29.1 Å². The number of nitrogens with one attached hydrogen (secondary N) is 2. The van der Waals surface area contributed by atoms with Crippen molar-refractivity contribution in [2.45, 2.75) is 32.9 Å². The average molecular weight is 394 g/mol. The largest absolute Gasteiger partial charge is 0.467 e. The van der Waals surface area contributed by atoms with E-state index in [4.69, 9.17) is 19.2 Å². The van der Waals surface area contributed by atoms with Crippen molar-refractivity contribution in [3.63, 3.8) is 0 Å². The molecule has 0 bridgehead atoms. The van der Waals surface area contributed by atoms with E-state index >= 15 is 0 Å². The molecule has 0 amide bonds. The number of nitrogens with zero attached hydrogens (tertiary/aromatic N) is 2. The molecule has 0 aromatic heterocycles. The Morgan fingerprint density at radius 2 is 2.07 bits per heavy atom. The van der Waals surface area contributed by atoms with E-state index in [-0.39, 0.29) is 12.6 Å². The molecule has 3 rings (SSSR count). The van der Waals surface area contributed by atoms with Gasteiger partial charge in [0.1, 0.15) is 11.6 Å². The lowest BCUT2D eigenvalue weighted by atomic mass is 10.1. The number of ether oxygens (including phenoxy) is 3.